The predicted molar refractivity (Wildman–Crippen MR) is 73.5 cm³/mol. The van der Waals surface area contributed by atoms with Gasteiger partial charge in [-0.15, -0.1) is 5.10 Å². The Morgan fingerprint density at radius 2 is 2.18 bits per heavy atom. The molecular weight excluding hydrogens is 329 g/mol. The number of hydrogen-bond acceptors (Lipinski definition) is 4. The second kappa shape index (κ2) is 5.54. The first-order valence-electron chi connectivity index (χ1n) is 5.29. The maximum Gasteiger partial charge on any atom is 0.124 e. The van der Waals surface area contributed by atoms with E-state index in [1.54, 1.807) is 6.20 Å². The van der Waals surface area contributed by atoms with Gasteiger partial charge in [-0.1, -0.05) is 11.3 Å². The molecule has 5 nitrogen and oxygen atoms in total. The minimum atomic E-state index is 0.666. The number of halogens is 1. The second-order valence-corrected chi connectivity index (χ2v) is 5.07. The summed E-state index contributed by atoms with van der Waals surface area (Å²) in [5.74, 6) is 0. The van der Waals surface area contributed by atoms with Crippen molar-refractivity contribution in [1.29, 1.82) is 0 Å². The van der Waals surface area contributed by atoms with Crippen LogP contribution < -0.4 is 0 Å². The van der Waals surface area contributed by atoms with Gasteiger partial charge in [0.15, 0.2) is 0 Å². The summed E-state index contributed by atoms with van der Waals surface area (Å²) in [6.45, 7) is 1.47. The summed E-state index contributed by atoms with van der Waals surface area (Å²) >= 11 is 2.28. The van der Waals surface area contributed by atoms with Gasteiger partial charge in [0.05, 0.1) is 12.2 Å². The zero-order chi connectivity index (χ0) is 12.3. The molecule has 2 rings (SSSR count). The highest BCUT2D eigenvalue weighted by Gasteiger charge is 2.11. The molecule has 2 aromatic heterocycles. The zero-order valence-electron chi connectivity index (χ0n) is 9.84. The molecule has 0 saturated heterocycles. The fourth-order valence-corrected chi connectivity index (χ4v) is 2.03. The molecule has 0 N–H and O–H groups in total. The molecule has 0 amide bonds. The lowest BCUT2D eigenvalue weighted by Gasteiger charge is -2.06. The molecule has 2 heterocycles. The van der Waals surface area contributed by atoms with E-state index in [0.29, 0.717) is 6.54 Å². The maximum absolute atomic E-state index is 4.28. The van der Waals surface area contributed by atoms with E-state index in [4.69, 9.17) is 0 Å². The SMILES string of the molecule is CN(C)Cc1nnn(Cc2ccccn2)c1I. The molecule has 17 heavy (non-hydrogen) atoms. The van der Waals surface area contributed by atoms with E-state index in [0.717, 1.165) is 21.6 Å². The van der Waals surface area contributed by atoms with Crippen LogP contribution in [0.15, 0.2) is 24.4 Å². The standard InChI is InChI=1S/C11H14IN5/c1-16(2)8-10-11(12)17(15-14-10)7-9-5-3-4-6-13-9/h3-6H,7-8H2,1-2H3. The molecule has 0 aromatic carbocycles. The van der Waals surface area contributed by atoms with Crippen LogP contribution in [-0.2, 0) is 13.1 Å². The third kappa shape index (κ3) is 3.22. The molecule has 0 radical (unpaired) electrons. The Morgan fingerprint density at radius 3 is 2.82 bits per heavy atom. The van der Waals surface area contributed by atoms with Crippen LogP contribution in [0.3, 0.4) is 0 Å². The molecule has 0 atom stereocenters. The van der Waals surface area contributed by atoms with Gasteiger partial charge < -0.3 is 4.90 Å². The number of hydrogen-bond donors (Lipinski definition) is 0. The van der Waals surface area contributed by atoms with Crippen LogP contribution in [0.4, 0.5) is 0 Å². The fraction of sp³-hybridized carbons (Fsp3) is 0.364. The molecule has 2 aromatic rings. The fourth-order valence-electron chi connectivity index (χ4n) is 1.48. The van der Waals surface area contributed by atoms with Gasteiger partial charge >= 0.3 is 0 Å². The van der Waals surface area contributed by atoms with Gasteiger partial charge in [0.1, 0.15) is 9.39 Å². The second-order valence-electron chi connectivity index (χ2n) is 4.04. The van der Waals surface area contributed by atoms with Crippen molar-refractivity contribution in [2.75, 3.05) is 14.1 Å². The van der Waals surface area contributed by atoms with E-state index in [1.165, 1.54) is 0 Å². The Bertz CT molecular complexity index is 480. The third-order valence-electron chi connectivity index (χ3n) is 2.24. The van der Waals surface area contributed by atoms with Gasteiger partial charge in [-0.3, -0.25) is 4.98 Å². The van der Waals surface area contributed by atoms with Crippen molar-refractivity contribution in [3.05, 3.63) is 39.5 Å². The Hall–Kier alpha value is -1.02. The summed E-state index contributed by atoms with van der Waals surface area (Å²) in [5.41, 5.74) is 2.00. The average Bonchev–Trinajstić information content (AvgIpc) is 2.62. The quantitative estimate of drug-likeness (QED) is 0.788. The van der Waals surface area contributed by atoms with Crippen molar-refractivity contribution in [1.82, 2.24) is 24.9 Å². The van der Waals surface area contributed by atoms with Gasteiger partial charge in [0.2, 0.25) is 0 Å². The molecule has 0 bridgehead atoms. The molecule has 90 valence electrons. The van der Waals surface area contributed by atoms with Crippen LogP contribution in [0.5, 0.6) is 0 Å². The minimum Gasteiger partial charge on any atom is -0.303 e. The Kier molecular flexibility index (Phi) is 4.06. The Balaban J connectivity index is 2.15. The first kappa shape index (κ1) is 12.4. The van der Waals surface area contributed by atoms with Crippen molar-refractivity contribution >= 4 is 22.6 Å². The lowest BCUT2D eigenvalue weighted by Crippen LogP contribution is -2.12. The van der Waals surface area contributed by atoms with Gasteiger partial charge in [0, 0.05) is 12.7 Å². The Labute approximate surface area is 114 Å². The predicted octanol–water partition coefficient (Wildman–Crippen LogP) is 1.39. The lowest BCUT2D eigenvalue weighted by molar-refractivity contribution is 0.395. The van der Waals surface area contributed by atoms with Crippen molar-refractivity contribution in [3.8, 4) is 0 Å². The third-order valence-corrected chi connectivity index (χ3v) is 3.42. The summed E-state index contributed by atoms with van der Waals surface area (Å²) in [4.78, 5) is 6.36. The van der Waals surface area contributed by atoms with Crippen LogP contribution in [-0.4, -0.2) is 39.0 Å². The van der Waals surface area contributed by atoms with Gasteiger partial charge in [-0.2, -0.15) is 0 Å². The summed E-state index contributed by atoms with van der Waals surface area (Å²) in [5, 5.41) is 8.34. The molecule has 0 unspecified atom stereocenters. The highest BCUT2D eigenvalue weighted by atomic mass is 127. The highest BCUT2D eigenvalue weighted by Crippen LogP contribution is 2.11. The van der Waals surface area contributed by atoms with Gasteiger partial charge in [-0.05, 0) is 48.8 Å². The van der Waals surface area contributed by atoms with Crippen molar-refractivity contribution in [2.24, 2.45) is 0 Å². The van der Waals surface area contributed by atoms with Gasteiger partial charge in [0.25, 0.3) is 0 Å². The van der Waals surface area contributed by atoms with E-state index in [9.17, 15) is 0 Å². The summed E-state index contributed by atoms with van der Waals surface area (Å²) in [7, 11) is 4.04. The van der Waals surface area contributed by atoms with Gasteiger partial charge in [-0.25, -0.2) is 4.68 Å². The van der Waals surface area contributed by atoms with Crippen LogP contribution in [0.2, 0.25) is 0 Å². The first-order valence-corrected chi connectivity index (χ1v) is 6.37. The summed E-state index contributed by atoms with van der Waals surface area (Å²) < 4.78 is 2.95. The molecule has 6 heteroatoms. The van der Waals surface area contributed by atoms with E-state index in [-0.39, 0.29) is 0 Å². The minimum absolute atomic E-state index is 0.666. The number of pyridine rings is 1. The van der Waals surface area contributed by atoms with Crippen LogP contribution in [0.1, 0.15) is 11.4 Å². The maximum atomic E-state index is 4.28. The Morgan fingerprint density at radius 1 is 1.35 bits per heavy atom. The summed E-state index contributed by atoms with van der Waals surface area (Å²) in [6.07, 6.45) is 1.79. The molecule has 0 saturated carbocycles. The highest BCUT2D eigenvalue weighted by molar-refractivity contribution is 14.1. The molecule has 0 spiro atoms. The molecule has 0 aliphatic rings. The summed E-state index contributed by atoms with van der Waals surface area (Å²) in [6, 6.07) is 5.88. The van der Waals surface area contributed by atoms with E-state index in [1.807, 2.05) is 37.0 Å². The molecule has 0 fully saturated rings. The van der Waals surface area contributed by atoms with E-state index < -0.39 is 0 Å². The van der Waals surface area contributed by atoms with Crippen LogP contribution >= 0.6 is 22.6 Å². The number of rotatable bonds is 4. The van der Waals surface area contributed by atoms with Crippen LogP contribution in [0, 0.1) is 3.70 Å². The monoisotopic (exact) mass is 343 g/mol. The van der Waals surface area contributed by atoms with Crippen molar-refractivity contribution < 1.29 is 0 Å². The first-order chi connectivity index (χ1) is 8.16. The normalized spacial score (nSPS) is 11.1. The molecular formula is C11H14IN5. The van der Waals surface area contributed by atoms with Crippen molar-refractivity contribution in [2.45, 2.75) is 13.1 Å². The van der Waals surface area contributed by atoms with Crippen LogP contribution in [0.25, 0.3) is 0 Å². The van der Waals surface area contributed by atoms with Crippen molar-refractivity contribution in [3.63, 3.8) is 0 Å². The smallest absolute Gasteiger partial charge is 0.124 e. The number of aromatic nitrogens is 4. The number of nitrogens with zero attached hydrogens (tertiary/aromatic N) is 5. The topological polar surface area (TPSA) is 46.8 Å². The van der Waals surface area contributed by atoms with E-state index in [2.05, 4.69) is 42.8 Å². The lowest BCUT2D eigenvalue weighted by atomic mass is 10.3. The largest absolute Gasteiger partial charge is 0.303 e. The zero-order valence-corrected chi connectivity index (χ0v) is 12.0. The molecule has 0 aliphatic carbocycles. The average molecular weight is 343 g/mol. The molecule has 0 aliphatic heterocycles. The van der Waals surface area contributed by atoms with E-state index >= 15 is 0 Å².